The highest BCUT2D eigenvalue weighted by molar-refractivity contribution is 5.75. The van der Waals surface area contributed by atoms with Gasteiger partial charge in [-0.05, 0) is 31.2 Å². The van der Waals surface area contributed by atoms with Crippen molar-refractivity contribution in [3.63, 3.8) is 0 Å². The highest BCUT2D eigenvalue weighted by atomic mass is 16.6. The zero-order chi connectivity index (χ0) is 17.9. The summed E-state index contributed by atoms with van der Waals surface area (Å²) in [7, 11) is 0. The number of nitro groups is 1. The molecule has 0 atom stereocenters. The molecule has 7 nitrogen and oxygen atoms in total. The Bertz CT molecular complexity index is 570. The van der Waals surface area contributed by atoms with Crippen molar-refractivity contribution in [1.29, 1.82) is 0 Å². The Morgan fingerprint density at radius 1 is 1.12 bits per heavy atom. The van der Waals surface area contributed by atoms with Gasteiger partial charge in [-0.2, -0.15) is 0 Å². The third-order valence-electron chi connectivity index (χ3n) is 3.24. The van der Waals surface area contributed by atoms with Crippen molar-refractivity contribution in [3.8, 4) is 5.75 Å². The van der Waals surface area contributed by atoms with E-state index in [1.807, 2.05) is 0 Å². The van der Waals surface area contributed by atoms with E-state index in [0.29, 0.717) is 12.5 Å². The zero-order valence-corrected chi connectivity index (χ0v) is 14.0. The lowest BCUT2D eigenvalue weighted by Crippen LogP contribution is -2.11. The summed E-state index contributed by atoms with van der Waals surface area (Å²) >= 11 is 0. The second kappa shape index (κ2) is 10.4. The van der Waals surface area contributed by atoms with Gasteiger partial charge in [0.1, 0.15) is 0 Å². The van der Waals surface area contributed by atoms with Crippen LogP contribution in [0.4, 0.5) is 5.69 Å². The molecule has 0 heterocycles. The number of ether oxygens (including phenoxy) is 2. The Balaban J connectivity index is 2.27. The summed E-state index contributed by atoms with van der Waals surface area (Å²) in [5.41, 5.74) is -0.268. The fraction of sp³-hybridized carbons (Fsp3) is 0.529. The maximum Gasteiger partial charge on any atom is 0.311 e. The molecular weight excluding hydrogens is 314 g/mol. The van der Waals surface area contributed by atoms with E-state index < -0.39 is 10.9 Å². The number of rotatable bonds is 10. The van der Waals surface area contributed by atoms with Gasteiger partial charge in [0.15, 0.2) is 0 Å². The molecule has 1 aromatic rings. The number of esters is 2. The third-order valence-corrected chi connectivity index (χ3v) is 3.24. The van der Waals surface area contributed by atoms with Gasteiger partial charge >= 0.3 is 17.6 Å². The molecular formula is C17H23NO6. The first kappa shape index (κ1) is 19.6. The monoisotopic (exact) mass is 337 g/mol. The number of hydrogen-bond acceptors (Lipinski definition) is 6. The predicted molar refractivity (Wildman–Crippen MR) is 87.6 cm³/mol. The maximum atomic E-state index is 11.7. The average molecular weight is 337 g/mol. The lowest BCUT2D eigenvalue weighted by atomic mass is 10.1. The SMILES string of the molecule is CC(C)CCCOC(=O)CCCC(=O)Oc1ccccc1[N+](=O)[O-]. The summed E-state index contributed by atoms with van der Waals surface area (Å²) in [5.74, 6) is -0.488. The number of para-hydroxylation sites is 2. The quantitative estimate of drug-likeness (QED) is 0.213. The van der Waals surface area contributed by atoms with Crippen LogP contribution < -0.4 is 4.74 Å². The molecule has 132 valence electrons. The number of carbonyl (C=O) groups excluding carboxylic acids is 2. The molecule has 0 aliphatic heterocycles. The van der Waals surface area contributed by atoms with E-state index in [-0.39, 0.29) is 36.7 Å². The number of nitrogens with zero attached hydrogens (tertiary/aromatic N) is 1. The summed E-state index contributed by atoms with van der Waals surface area (Å²) in [6, 6.07) is 5.66. The first-order valence-corrected chi connectivity index (χ1v) is 8.00. The summed E-state index contributed by atoms with van der Waals surface area (Å²) in [6.07, 6.45) is 2.21. The molecule has 0 radical (unpaired) electrons. The van der Waals surface area contributed by atoms with Gasteiger partial charge in [0.25, 0.3) is 0 Å². The zero-order valence-electron chi connectivity index (χ0n) is 14.0. The molecule has 0 N–H and O–H groups in total. The van der Waals surface area contributed by atoms with Gasteiger partial charge in [0, 0.05) is 18.9 Å². The molecule has 0 bridgehead atoms. The van der Waals surface area contributed by atoms with Gasteiger partial charge in [0.2, 0.25) is 5.75 Å². The van der Waals surface area contributed by atoms with Crippen LogP contribution in [0.2, 0.25) is 0 Å². The molecule has 0 spiro atoms. The van der Waals surface area contributed by atoms with Crippen LogP contribution in [0.15, 0.2) is 24.3 Å². The maximum absolute atomic E-state index is 11.7. The highest BCUT2D eigenvalue weighted by Crippen LogP contribution is 2.26. The second-order valence-electron chi connectivity index (χ2n) is 5.81. The number of nitro benzene ring substituents is 1. The molecule has 0 fully saturated rings. The van der Waals surface area contributed by atoms with E-state index >= 15 is 0 Å². The van der Waals surface area contributed by atoms with Crippen molar-refractivity contribution in [3.05, 3.63) is 34.4 Å². The fourth-order valence-corrected chi connectivity index (χ4v) is 1.99. The first-order chi connectivity index (χ1) is 11.4. The first-order valence-electron chi connectivity index (χ1n) is 8.00. The van der Waals surface area contributed by atoms with E-state index in [1.165, 1.54) is 18.2 Å². The molecule has 1 rings (SSSR count). The molecule has 1 aromatic carbocycles. The number of carbonyl (C=O) groups is 2. The number of hydrogen-bond donors (Lipinski definition) is 0. The van der Waals surface area contributed by atoms with Crippen LogP contribution in [0, 0.1) is 16.0 Å². The molecule has 7 heteroatoms. The number of benzene rings is 1. The minimum Gasteiger partial charge on any atom is -0.466 e. The molecule has 0 aliphatic carbocycles. The van der Waals surface area contributed by atoms with E-state index in [1.54, 1.807) is 6.07 Å². The average Bonchev–Trinajstić information content (AvgIpc) is 2.51. The van der Waals surface area contributed by atoms with E-state index in [4.69, 9.17) is 9.47 Å². The largest absolute Gasteiger partial charge is 0.466 e. The normalized spacial score (nSPS) is 10.5. The molecule has 0 unspecified atom stereocenters. The third kappa shape index (κ3) is 7.71. The van der Waals surface area contributed by atoms with Gasteiger partial charge in [0.05, 0.1) is 11.5 Å². The summed E-state index contributed by atoms with van der Waals surface area (Å²) < 4.78 is 10.0. The van der Waals surface area contributed by atoms with Crippen molar-refractivity contribution >= 4 is 17.6 Å². The van der Waals surface area contributed by atoms with Crippen LogP contribution in [0.1, 0.15) is 46.0 Å². The van der Waals surface area contributed by atoms with Crippen molar-refractivity contribution in [2.75, 3.05) is 6.61 Å². The lowest BCUT2D eigenvalue weighted by molar-refractivity contribution is -0.385. The van der Waals surface area contributed by atoms with Crippen LogP contribution in [0.3, 0.4) is 0 Å². The molecule has 0 saturated heterocycles. The minimum atomic E-state index is -0.614. The minimum absolute atomic E-state index is 0.00680. The predicted octanol–water partition coefficient (Wildman–Crippen LogP) is 3.65. The fourth-order valence-electron chi connectivity index (χ4n) is 1.99. The van der Waals surface area contributed by atoms with Gasteiger partial charge in [-0.3, -0.25) is 19.7 Å². The van der Waals surface area contributed by atoms with E-state index in [9.17, 15) is 19.7 Å². The van der Waals surface area contributed by atoms with Crippen LogP contribution in [-0.4, -0.2) is 23.5 Å². The van der Waals surface area contributed by atoms with Crippen LogP contribution in [0.5, 0.6) is 5.75 Å². The molecule has 24 heavy (non-hydrogen) atoms. The van der Waals surface area contributed by atoms with Crippen LogP contribution in [-0.2, 0) is 14.3 Å². The lowest BCUT2D eigenvalue weighted by Gasteiger charge is -2.07. The molecule has 0 aliphatic rings. The Morgan fingerprint density at radius 3 is 2.46 bits per heavy atom. The topological polar surface area (TPSA) is 95.7 Å². The van der Waals surface area contributed by atoms with Crippen LogP contribution in [0.25, 0.3) is 0 Å². The van der Waals surface area contributed by atoms with E-state index in [2.05, 4.69) is 13.8 Å². The standard InChI is InChI=1S/C17H23NO6/c1-13(2)7-6-12-23-16(19)10-5-11-17(20)24-15-9-4-3-8-14(15)18(21)22/h3-4,8-9,13H,5-7,10-12H2,1-2H3. The second-order valence-corrected chi connectivity index (χ2v) is 5.81. The van der Waals surface area contributed by atoms with Crippen molar-refractivity contribution in [2.24, 2.45) is 5.92 Å². The Morgan fingerprint density at radius 2 is 1.79 bits per heavy atom. The van der Waals surface area contributed by atoms with Gasteiger partial charge in [-0.1, -0.05) is 26.0 Å². The Hall–Kier alpha value is -2.44. The molecule has 0 amide bonds. The van der Waals surface area contributed by atoms with E-state index in [0.717, 1.165) is 12.8 Å². The Labute approximate surface area is 141 Å². The summed E-state index contributed by atoms with van der Waals surface area (Å²) in [5, 5.41) is 10.8. The highest BCUT2D eigenvalue weighted by Gasteiger charge is 2.17. The smallest absolute Gasteiger partial charge is 0.311 e. The van der Waals surface area contributed by atoms with Gasteiger partial charge in [-0.15, -0.1) is 0 Å². The van der Waals surface area contributed by atoms with Crippen molar-refractivity contribution in [2.45, 2.75) is 46.0 Å². The van der Waals surface area contributed by atoms with Gasteiger partial charge < -0.3 is 9.47 Å². The molecule has 0 aromatic heterocycles. The van der Waals surface area contributed by atoms with Gasteiger partial charge in [-0.25, -0.2) is 0 Å². The Kier molecular flexibility index (Phi) is 8.46. The molecule has 0 saturated carbocycles. The van der Waals surface area contributed by atoms with Crippen LogP contribution >= 0.6 is 0 Å². The van der Waals surface area contributed by atoms with Crippen molar-refractivity contribution in [1.82, 2.24) is 0 Å². The summed E-state index contributed by atoms with van der Waals surface area (Å²) in [6.45, 7) is 4.59. The van der Waals surface area contributed by atoms with Crippen molar-refractivity contribution < 1.29 is 24.0 Å². The summed E-state index contributed by atoms with van der Waals surface area (Å²) in [4.78, 5) is 33.4.